The molecule has 2 rings (SSSR count). The minimum absolute atomic E-state index is 0.227. The van der Waals surface area contributed by atoms with E-state index < -0.39 is 11.5 Å². The average molecular weight is 269 g/mol. The Bertz CT molecular complexity index is 721. The van der Waals surface area contributed by atoms with Crippen molar-refractivity contribution < 1.29 is 9.21 Å². The molecule has 1 amide bonds. The molecule has 0 aliphatic heterocycles. The second-order valence-electron chi connectivity index (χ2n) is 3.73. The van der Waals surface area contributed by atoms with Crippen LogP contribution in [0.3, 0.4) is 0 Å². The molecule has 2 aromatic rings. The number of nitrogens with zero attached hydrogens (tertiary/aromatic N) is 1. The summed E-state index contributed by atoms with van der Waals surface area (Å²) in [7, 11) is 0. The maximum atomic E-state index is 11.9. The molecule has 0 spiro atoms. The molecule has 100 valence electrons. The summed E-state index contributed by atoms with van der Waals surface area (Å²) < 4.78 is 4.62. The molecule has 0 aliphatic carbocycles. The lowest BCUT2D eigenvalue weighted by molar-refractivity contribution is 0.102. The summed E-state index contributed by atoms with van der Waals surface area (Å²) in [6.07, 6.45) is 2.62. The molecule has 0 aliphatic rings. The highest BCUT2D eigenvalue weighted by Gasteiger charge is 2.07. The third kappa shape index (κ3) is 3.54. The Morgan fingerprint density at radius 2 is 2.25 bits per heavy atom. The Morgan fingerprint density at radius 3 is 2.95 bits per heavy atom. The van der Waals surface area contributed by atoms with Gasteiger partial charge in [0.2, 0.25) is 0 Å². The van der Waals surface area contributed by atoms with Crippen LogP contribution in [-0.2, 0) is 0 Å². The van der Waals surface area contributed by atoms with E-state index in [9.17, 15) is 9.59 Å². The van der Waals surface area contributed by atoms with Crippen LogP contribution in [0.1, 0.15) is 15.9 Å². The first-order chi connectivity index (χ1) is 9.69. The molecule has 2 aromatic heterocycles. The molecule has 20 heavy (non-hydrogen) atoms. The highest BCUT2D eigenvalue weighted by atomic mass is 16.4. The normalized spacial score (nSPS) is 9.45. The first-order valence-electron chi connectivity index (χ1n) is 5.74. The largest absolute Gasteiger partial charge is 0.430 e. The van der Waals surface area contributed by atoms with E-state index in [4.69, 9.17) is 5.73 Å². The van der Waals surface area contributed by atoms with Crippen molar-refractivity contribution in [3.05, 3.63) is 58.3 Å². The van der Waals surface area contributed by atoms with Gasteiger partial charge in [0.1, 0.15) is 12.1 Å². The van der Waals surface area contributed by atoms with Crippen LogP contribution in [-0.4, -0.2) is 17.4 Å². The maximum absolute atomic E-state index is 11.9. The van der Waals surface area contributed by atoms with Crippen LogP contribution in [0.25, 0.3) is 0 Å². The number of nitrogens with two attached hydrogens (primary N) is 1. The number of hydrogen-bond donors (Lipinski definition) is 2. The summed E-state index contributed by atoms with van der Waals surface area (Å²) in [5.41, 5.74) is 5.69. The van der Waals surface area contributed by atoms with Crippen LogP contribution in [0.5, 0.6) is 0 Å². The lowest BCUT2D eigenvalue weighted by Crippen LogP contribution is -2.13. The van der Waals surface area contributed by atoms with Gasteiger partial charge in [-0.25, -0.2) is 9.78 Å². The van der Waals surface area contributed by atoms with Gasteiger partial charge in [0, 0.05) is 17.8 Å². The van der Waals surface area contributed by atoms with Crippen LogP contribution < -0.4 is 16.7 Å². The predicted octanol–water partition coefficient (Wildman–Crippen LogP) is 0.597. The Morgan fingerprint density at radius 1 is 1.40 bits per heavy atom. The molecule has 2 heterocycles. The number of amides is 1. The number of pyridine rings is 1. The fourth-order valence-corrected chi connectivity index (χ4v) is 1.41. The fourth-order valence-electron chi connectivity index (χ4n) is 1.41. The van der Waals surface area contributed by atoms with Crippen LogP contribution in [0.4, 0.5) is 5.82 Å². The van der Waals surface area contributed by atoms with Crippen molar-refractivity contribution >= 4 is 11.7 Å². The van der Waals surface area contributed by atoms with Crippen molar-refractivity contribution in [2.45, 2.75) is 0 Å². The van der Waals surface area contributed by atoms with Crippen molar-refractivity contribution in [3.63, 3.8) is 0 Å². The van der Waals surface area contributed by atoms with Crippen LogP contribution in [0.15, 0.2) is 45.9 Å². The molecule has 3 N–H and O–H groups in total. The number of carbonyl (C=O) groups excluding carboxylic acids is 1. The van der Waals surface area contributed by atoms with E-state index in [2.05, 4.69) is 26.6 Å². The number of aromatic nitrogens is 1. The smallest absolute Gasteiger partial charge is 0.335 e. The van der Waals surface area contributed by atoms with E-state index in [1.165, 1.54) is 18.3 Å². The summed E-state index contributed by atoms with van der Waals surface area (Å²) in [6, 6.07) is 5.88. The number of carbonyl (C=O) groups is 1. The Balaban J connectivity index is 2.15. The van der Waals surface area contributed by atoms with Gasteiger partial charge in [0.15, 0.2) is 0 Å². The summed E-state index contributed by atoms with van der Waals surface area (Å²) in [5.74, 6) is 5.48. The monoisotopic (exact) mass is 269 g/mol. The number of nitrogens with one attached hydrogen (secondary N) is 1. The van der Waals surface area contributed by atoms with Crippen molar-refractivity contribution in [1.82, 2.24) is 4.98 Å². The first kappa shape index (κ1) is 13.5. The van der Waals surface area contributed by atoms with E-state index in [0.29, 0.717) is 11.4 Å². The Labute approximate surface area is 114 Å². The third-order valence-electron chi connectivity index (χ3n) is 2.30. The van der Waals surface area contributed by atoms with Crippen LogP contribution >= 0.6 is 0 Å². The number of anilines is 1. The van der Waals surface area contributed by atoms with Gasteiger partial charge in [0.05, 0.1) is 12.1 Å². The van der Waals surface area contributed by atoms with Crippen molar-refractivity contribution in [2.24, 2.45) is 5.73 Å². The van der Waals surface area contributed by atoms with E-state index in [1.807, 2.05) is 0 Å². The highest BCUT2D eigenvalue weighted by Crippen LogP contribution is 2.07. The van der Waals surface area contributed by atoms with Crippen LogP contribution in [0, 0.1) is 11.8 Å². The molecule has 6 heteroatoms. The standard InChI is InChI=1S/C14H11N3O3/c15-6-1-2-10-5-7-16-12(8-10)17-14(19)11-3-4-13(18)20-9-11/h3-5,7-9H,6,15H2,(H,16,17,19). The van der Waals surface area contributed by atoms with E-state index >= 15 is 0 Å². The zero-order chi connectivity index (χ0) is 14.4. The number of rotatable bonds is 2. The molecule has 0 radical (unpaired) electrons. The molecule has 0 atom stereocenters. The lowest BCUT2D eigenvalue weighted by atomic mass is 10.2. The zero-order valence-electron chi connectivity index (χ0n) is 10.4. The quantitative estimate of drug-likeness (QED) is 0.778. The van der Waals surface area contributed by atoms with Gasteiger partial charge in [0.25, 0.3) is 5.91 Å². The van der Waals surface area contributed by atoms with Crippen molar-refractivity contribution in [2.75, 3.05) is 11.9 Å². The van der Waals surface area contributed by atoms with E-state index in [0.717, 1.165) is 6.26 Å². The van der Waals surface area contributed by atoms with Gasteiger partial charge < -0.3 is 15.5 Å². The molecular formula is C14H11N3O3. The van der Waals surface area contributed by atoms with Gasteiger partial charge in [-0.05, 0) is 18.2 Å². The molecule has 0 saturated carbocycles. The summed E-state index contributed by atoms with van der Waals surface area (Å²) in [6.45, 7) is 0.257. The number of hydrogen-bond acceptors (Lipinski definition) is 5. The molecule has 0 aromatic carbocycles. The third-order valence-corrected chi connectivity index (χ3v) is 2.30. The highest BCUT2D eigenvalue weighted by molar-refractivity contribution is 6.03. The molecular weight excluding hydrogens is 258 g/mol. The lowest BCUT2D eigenvalue weighted by Gasteiger charge is -2.03. The zero-order valence-corrected chi connectivity index (χ0v) is 10.4. The minimum Gasteiger partial charge on any atom is -0.430 e. The minimum atomic E-state index is -0.515. The van der Waals surface area contributed by atoms with Crippen molar-refractivity contribution in [3.8, 4) is 11.8 Å². The molecule has 6 nitrogen and oxygen atoms in total. The van der Waals surface area contributed by atoms with E-state index in [-0.39, 0.29) is 12.1 Å². The van der Waals surface area contributed by atoms with Crippen molar-refractivity contribution in [1.29, 1.82) is 0 Å². The van der Waals surface area contributed by atoms with Gasteiger partial charge >= 0.3 is 5.63 Å². The SMILES string of the molecule is NCC#Cc1ccnc(NC(=O)c2ccc(=O)oc2)c1. The summed E-state index contributed by atoms with van der Waals surface area (Å²) in [4.78, 5) is 26.7. The summed E-state index contributed by atoms with van der Waals surface area (Å²) >= 11 is 0. The van der Waals surface area contributed by atoms with Crippen LogP contribution in [0.2, 0.25) is 0 Å². The Kier molecular flexibility index (Phi) is 4.27. The maximum Gasteiger partial charge on any atom is 0.335 e. The predicted molar refractivity (Wildman–Crippen MR) is 73.1 cm³/mol. The van der Waals surface area contributed by atoms with Gasteiger partial charge in [-0.3, -0.25) is 4.79 Å². The average Bonchev–Trinajstić information content (AvgIpc) is 2.46. The Hall–Kier alpha value is -2.91. The molecule has 0 fully saturated rings. The van der Waals surface area contributed by atoms with Gasteiger partial charge in [-0.15, -0.1) is 0 Å². The fraction of sp³-hybridized carbons (Fsp3) is 0.0714. The molecule has 0 saturated heterocycles. The topological polar surface area (TPSA) is 98.2 Å². The van der Waals surface area contributed by atoms with Gasteiger partial charge in [-0.1, -0.05) is 11.8 Å². The first-order valence-corrected chi connectivity index (χ1v) is 5.74. The second kappa shape index (κ2) is 6.31. The summed E-state index contributed by atoms with van der Waals surface area (Å²) in [5, 5.41) is 2.58. The second-order valence-corrected chi connectivity index (χ2v) is 3.73. The molecule has 0 bridgehead atoms. The molecule has 0 unspecified atom stereocenters. The van der Waals surface area contributed by atoms with Gasteiger partial charge in [-0.2, -0.15) is 0 Å². The van der Waals surface area contributed by atoms with E-state index in [1.54, 1.807) is 12.1 Å².